The van der Waals surface area contributed by atoms with Crippen molar-refractivity contribution < 1.29 is 33.0 Å². The molecule has 0 saturated heterocycles. The number of hydrogen-bond donors (Lipinski definition) is 2. The summed E-state index contributed by atoms with van der Waals surface area (Å²) in [4.78, 5) is 2.13. The SMILES string of the molecule is CCCCOCC(O)CN(CCCCCC[Si](OC)(OC)OC)CC(O)COCCCC. The van der Waals surface area contributed by atoms with Crippen LogP contribution in [0.2, 0.25) is 6.04 Å². The molecule has 0 aromatic rings. The number of rotatable bonds is 24. The van der Waals surface area contributed by atoms with Crippen LogP contribution in [-0.4, -0.2) is 104 Å². The van der Waals surface area contributed by atoms with Crippen LogP contribution in [0.3, 0.4) is 0 Å². The Bertz CT molecular complexity index is 374. The molecule has 0 heterocycles. The molecular formula is C23H51NO7Si. The van der Waals surface area contributed by atoms with Crippen molar-refractivity contribution in [1.82, 2.24) is 4.90 Å². The molecule has 0 aliphatic carbocycles. The van der Waals surface area contributed by atoms with Gasteiger partial charge in [-0.25, -0.2) is 0 Å². The van der Waals surface area contributed by atoms with Gasteiger partial charge >= 0.3 is 8.80 Å². The minimum Gasteiger partial charge on any atom is -0.389 e. The van der Waals surface area contributed by atoms with Gasteiger partial charge in [0.15, 0.2) is 0 Å². The first-order valence-corrected chi connectivity index (χ1v) is 14.3. The summed E-state index contributed by atoms with van der Waals surface area (Å²) in [6.45, 7) is 8.05. The van der Waals surface area contributed by atoms with E-state index in [0.29, 0.717) is 39.5 Å². The molecule has 194 valence electrons. The van der Waals surface area contributed by atoms with Gasteiger partial charge in [0, 0.05) is 53.7 Å². The van der Waals surface area contributed by atoms with Crippen LogP contribution in [0, 0.1) is 0 Å². The first kappa shape index (κ1) is 31.9. The van der Waals surface area contributed by atoms with Crippen LogP contribution in [0.5, 0.6) is 0 Å². The average Bonchev–Trinajstić information content (AvgIpc) is 2.79. The van der Waals surface area contributed by atoms with E-state index >= 15 is 0 Å². The second-order valence-corrected chi connectivity index (χ2v) is 11.5. The molecule has 0 aliphatic rings. The van der Waals surface area contributed by atoms with Crippen LogP contribution in [0.15, 0.2) is 0 Å². The maximum Gasteiger partial charge on any atom is 0.500 e. The van der Waals surface area contributed by atoms with E-state index in [4.69, 9.17) is 22.8 Å². The molecule has 32 heavy (non-hydrogen) atoms. The molecule has 0 aromatic carbocycles. The summed E-state index contributed by atoms with van der Waals surface area (Å²) in [6.07, 6.45) is 7.15. The Morgan fingerprint density at radius 2 is 1.16 bits per heavy atom. The highest BCUT2D eigenvalue weighted by molar-refractivity contribution is 6.60. The number of unbranched alkanes of at least 4 members (excludes halogenated alkanes) is 5. The quantitative estimate of drug-likeness (QED) is 0.161. The van der Waals surface area contributed by atoms with E-state index in [1.807, 2.05) is 0 Å². The van der Waals surface area contributed by atoms with Gasteiger partial charge in [0.1, 0.15) is 0 Å². The van der Waals surface area contributed by atoms with E-state index in [2.05, 4.69) is 18.7 Å². The highest BCUT2D eigenvalue weighted by atomic mass is 28.4. The molecule has 0 saturated carbocycles. The molecule has 0 aliphatic heterocycles. The Labute approximate surface area is 197 Å². The third-order valence-electron chi connectivity index (χ3n) is 5.48. The smallest absolute Gasteiger partial charge is 0.389 e. The lowest BCUT2D eigenvalue weighted by molar-refractivity contribution is -0.0110. The van der Waals surface area contributed by atoms with Gasteiger partial charge in [-0.15, -0.1) is 0 Å². The largest absolute Gasteiger partial charge is 0.500 e. The molecule has 0 rings (SSSR count). The molecule has 0 amide bonds. The number of hydrogen-bond acceptors (Lipinski definition) is 8. The molecular weight excluding hydrogens is 430 g/mol. The molecule has 0 bridgehead atoms. The molecule has 0 spiro atoms. The van der Waals surface area contributed by atoms with Gasteiger partial charge in [-0.05, 0) is 32.2 Å². The first-order valence-electron chi connectivity index (χ1n) is 12.4. The van der Waals surface area contributed by atoms with Crippen LogP contribution in [0.4, 0.5) is 0 Å². The van der Waals surface area contributed by atoms with Crippen molar-refractivity contribution in [2.75, 3.05) is 67.4 Å². The van der Waals surface area contributed by atoms with E-state index in [-0.39, 0.29) is 0 Å². The lowest BCUT2D eigenvalue weighted by Crippen LogP contribution is -2.42. The molecule has 2 N–H and O–H groups in total. The zero-order chi connectivity index (χ0) is 24.1. The zero-order valence-electron chi connectivity index (χ0n) is 21.4. The number of ether oxygens (including phenoxy) is 2. The van der Waals surface area contributed by atoms with Gasteiger partial charge in [-0.3, -0.25) is 4.90 Å². The highest BCUT2D eigenvalue weighted by Crippen LogP contribution is 2.17. The lowest BCUT2D eigenvalue weighted by atomic mass is 10.2. The normalized spacial score (nSPS) is 14.2. The summed E-state index contributed by atoms with van der Waals surface area (Å²) in [6, 6.07) is 0.807. The van der Waals surface area contributed by atoms with Gasteiger partial charge in [0.2, 0.25) is 0 Å². The zero-order valence-corrected chi connectivity index (χ0v) is 22.4. The number of nitrogens with zero attached hydrogens (tertiary/aromatic N) is 1. The van der Waals surface area contributed by atoms with Gasteiger partial charge in [0.05, 0.1) is 25.4 Å². The fourth-order valence-electron chi connectivity index (χ4n) is 3.48. The predicted molar refractivity (Wildman–Crippen MR) is 130 cm³/mol. The third-order valence-corrected chi connectivity index (χ3v) is 8.32. The molecule has 8 nitrogen and oxygen atoms in total. The van der Waals surface area contributed by atoms with E-state index in [1.54, 1.807) is 21.3 Å². The van der Waals surface area contributed by atoms with Crippen LogP contribution in [-0.2, 0) is 22.8 Å². The van der Waals surface area contributed by atoms with Crippen LogP contribution in [0.1, 0.15) is 65.2 Å². The summed E-state index contributed by atoms with van der Waals surface area (Å²) >= 11 is 0. The Hall–Kier alpha value is -0.103. The standard InChI is InChI=1S/C23H51NO7Si/c1-6-8-15-30-20-22(25)18-24(19-23(26)21-31-16-9-7-2)14-12-10-11-13-17-32(27-3,28-4)29-5/h22-23,25-26H,6-21H2,1-5H3. The predicted octanol–water partition coefficient (Wildman–Crippen LogP) is 3.08. The number of aliphatic hydroxyl groups is 2. The molecule has 2 unspecified atom stereocenters. The Morgan fingerprint density at radius 1 is 0.688 bits per heavy atom. The molecule has 0 aromatic heterocycles. The lowest BCUT2D eigenvalue weighted by Gasteiger charge is -2.27. The van der Waals surface area contributed by atoms with E-state index in [9.17, 15) is 10.2 Å². The second-order valence-electron chi connectivity index (χ2n) is 8.38. The summed E-state index contributed by atoms with van der Waals surface area (Å²) in [5.41, 5.74) is 0. The average molecular weight is 482 g/mol. The maximum atomic E-state index is 10.4. The Balaban J connectivity index is 4.38. The van der Waals surface area contributed by atoms with Gasteiger partial charge in [0.25, 0.3) is 0 Å². The van der Waals surface area contributed by atoms with Gasteiger partial charge < -0.3 is 33.0 Å². The van der Waals surface area contributed by atoms with Crippen molar-refractivity contribution in [2.24, 2.45) is 0 Å². The minimum atomic E-state index is -2.49. The van der Waals surface area contributed by atoms with E-state index < -0.39 is 21.0 Å². The van der Waals surface area contributed by atoms with Gasteiger partial charge in [-0.1, -0.05) is 39.5 Å². The number of aliphatic hydroxyl groups excluding tert-OH is 2. The summed E-state index contributed by atoms with van der Waals surface area (Å²) in [7, 11) is 2.45. The fraction of sp³-hybridized carbons (Fsp3) is 1.00. The van der Waals surface area contributed by atoms with Gasteiger partial charge in [-0.2, -0.15) is 0 Å². The van der Waals surface area contributed by atoms with Crippen molar-refractivity contribution in [3.63, 3.8) is 0 Å². The Kier molecular flexibility index (Phi) is 21.4. The van der Waals surface area contributed by atoms with E-state index in [1.165, 1.54) is 0 Å². The monoisotopic (exact) mass is 481 g/mol. The van der Waals surface area contributed by atoms with Crippen LogP contribution >= 0.6 is 0 Å². The molecule has 0 radical (unpaired) electrons. The molecule has 2 atom stereocenters. The first-order chi connectivity index (χ1) is 15.5. The van der Waals surface area contributed by atoms with Crippen molar-refractivity contribution in [3.8, 4) is 0 Å². The topological polar surface area (TPSA) is 89.9 Å². The van der Waals surface area contributed by atoms with Crippen molar-refractivity contribution >= 4 is 8.80 Å². The minimum absolute atomic E-state index is 0.331. The molecule has 0 fully saturated rings. The summed E-state index contributed by atoms with van der Waals surface area (Å²) < 4.78 is 27.5. The van der Waals surface area contributed by atoms with Crippen molar-refractivity contribution in [2.45, 2.75) is 83.5 Å². The summed E-state index contributed by atoms with van der Waals surface area (Å²) in [5.74, 6) is 0. The van der Waals surface area contributed by atoms with Crippen LogP contribution < -0.4 is 0 Å². The Morgan fingerprint density at radius 3 is 1.59 bits per heavy atom. The van der Waals surface area contributed by atoms with Crippen molar-refractivity contribution in [1.29, 1.82) is 0 Å². The molecule has 9 heteroatoms. The second kappa shape index (κ2) is 21.4. The van der Waals surface area contributed by atoms with Crippen molar-refractivity contribution in [3.05, 3.63) is 0 Å². The van der Waals surface area contributed by atoms with Crippen LogP contribution in [0.25, 0.3) is 0 Å². The van der Waals surface area contributed by atoms with E-state index in [0.717, 1.165) is 64.0 Å². The maximum absolute atomic E-state index is 10.4. The summed E-state index contributed by atoms with van der Waals surface area (Å²) in [5, 5.41) is 20.7. The third kappa shape index (κ3) is 16.5. The highest BCUT2D eigenvalue weighted by Gasteiger charge is 2.36. The fourth-order valence-corrected chi connectivity index (χ4v) is 5.27.